The van der Waals surface area contributed by atoms with Gasteiger partial charge in [0.15, 0.2) is 0 Å². The van der Waals surface area contributed by atoms with Crippen LogP contribution in [-0.4, -0.2) is 11.4 Å². The Hall–Kier alpha value is -6.98. The Bertz CT molecular complexity index is 3900. The van der Waals surface area contributed by atoms with Gasteiger partial charge in [-0.2, -0.15) is 0 Å². The van der Waals surface area contributed by atoms with E-state index in [-0.39, 0.29) is 23.1 Å². The van der Waals surface area contributed by atoms with Crippen molar-refractivity contribution in [3.8, 4) is 27.9 Å². The largest absolute Gasteiger partial charge is 0.456 e. The summed E-state index contributed by atoms with van der Waals surface area (Å²) in [6.07, 6.45) is 0. The van der Waals surface area contributed by atoms with E-state index in [1.54, 1.807) is 0 Å². The zero-order valence-corrected chi connectivity index (χ0v) is 37.6. The summed E-state index contributed by atoms with van der Waals surface area (Å²) in [7, 11) is 0. The second-order valence-electron chi connectivity index (χ2n) is 21.3. The lowest BCUT2D eigenvalue weighted by Gasteiger charge is -2.43. The molecule has 0 bridgehead atoms. The molecule has 0 spiro atoms. The fourth-order valence-electron chi connectivity index (χ4n) is 12.2. The first-order valence-electron chi connectivity index (χ1n) is 22.9. The van der Waals surface area contributed by atoms with E-state index in [0.29, 0.717) is 0 Å². The first kappa shape index (κ1) is 36.5. The van der Waals surface area contributed by atoms with Crippen LogP contribution in [0.5, 0.6) is 0 Å². The Morgan fingerprint density at radius 3 is 1.84 bits per heavy atom. The van der Waals surface area contributed by atoms with Crippen LogP contribution in [0, 0.1) is 0 Å². The van der Waals surface area contributed by atoms with Crippen LogP contribution in [0.25, 0.3) is 93.6 Å². The summed E-state index contributed by atoms with van der Waals surface area (Å²) in [5.74, 6) is 0. The average molecular weight is 827 g/mol. The van der Waals surface area contributed by atoms with Gasteiger partial charge in [-0.1, -0.05) is 140 Å². The van der Waals surface area contributed by atoms with E-state index >= 15 is 0 Å². The summed E-state index contributed by atoms with van der Waals surface area (Å²) in [5, 5.41) is 7.19. The minimum absolute atomic E-state index is 0.0119. The summed E-state index contributed by atoms with van der Waals surface area (Å²) in [5.41, 5.74) is 22.6. The monoisotopic (exact) mass is 826 g/mol. The maximum Gasteiger partial charge on any atom is 0.333 e. The van der Waals surface area contributed by atoms with Crippen molar-refractivity contribution in [1.29, 1.82) is 0 Å². The van der Waals surface area contributed by atoms with Crippen LogP contribution in [0.15, 0.2) is 148 Å². The van der Waals surface area contributed by atoms with E-state index in [2.05, 4.69) is 204 Å². The highest BCUT2D eigenvalue weighted by molar-refractivity contribution is 6.94. The minimum Gasteiger partial charge on any atom is -0.456 e. The summed E-state index contributed by atoms with van der Waals surface area (Å²) < 4.78 is 16.2. The quantitative estimate of drug-likeness (QED) is 0.155. The number of aromatic nitrogens is 1. The molecular formula is C59H47BN2O2. The van der Waals surface area contributed by atoms with Gasteiger partial charge in [0.25, 0.3) is 0 Å². The van der Waals surface area contributed by atoms with Crippen LogP contribution in [0.1, 0.15) is 77.6 Å². The van der Waals surface area contributed by atoms with Gasteiger partial charge in [0.05, 0.1) is 11.0 Å². The number of nitrogens with zero attached hydrogens (tertiary/aromatic N) is 2. The predicted molar refractivity (Wildman–Crippen MR) is 269 cm³/mol. The van der Waals surface area contributed by atoms with Crippen LogP contribution in [0.2, 0.25) is 0 Å². The molecule has 308 valence electrons. The van der Waals surface area contributed by atoms with Gasteiger partial charge in [0.1, 0.15) is 22.3 Å². The molecule has 14 rings (SSSR count). The third kappa shape index (κ3) is 4.49. The molecule has 2 aliphatic heterocycles. The van der Waals surface area contributed by atoms with Crippen molar-refractivity contribution < 1.29 is 8.83 Å². The summed E-state index contributed by atoms with van der Waals surface area (Å²) in [6.45, 7) is 18.6. The smallest absolute Gasteiger partial charge is 0.333 e. The topological polar surface area (TPSA) is 34.5 Å². The van der Waals surface area contributed by atoms with Crippen molar-refractivity contribution in [2.24, 2.45) is 0 Å². The molecule has 0 unspecified atom stereocenters. The molecule has 0 saturated carbocycles. The molecular weight excluding hydrogens is 779 g/mol. The number of hydrogen-bond acceptors (Lipinski definition) is 3. The molecule has 1 aliphatic carbocycles. The van der Waals surface area contributed by atoms with Crippen LogP contribution < -0.4 is 15.7 Å². The number of hydrogen-bond donors (Lipinski definition) is 0. The third-order valence-electron chi connectivity index (χ3n) is 15.2. The lowest BCUT2D eigenvalue weighted by molar-refractivity contribution is 0.590. The molecule has 4 nitrogen and oxygen atoms in total. The van der Waals surface area contributed by atoms with E-state index in [1.807, 2.05) is 0 Å². The molecule has 3 aliphatic rings. The van der Waals surface area contributed by atoms with Gasteiger partial charge >= 0.3 is 6.85 Å². The molecule has 0 N–H and O–H groups in total. The van der Waals surface area contributed by atoms with Gasteiger partial charge in [-0.15, -0.1) is 0 Å². The van der Waals surface area contributed by atoms with Crippen LogP contribution in [0.3, 0.4) is 0 Å². The minimum atomic E-state index is -0.278. The van der Waals surface area contributed by atoms with Gasteiger partial charge in [-0.3, -0.25) is 0 Å². The number of anilines is 2. The second kappa shape index (κ2) is 11.8. The van der Waals surface area contributed by atoms with Crippen molar-refractivity contribution in [1.82, 2.24) is 4.57 Å². The maximum atomic E-state index is 6.80. The lowest BCUT2D eigenvalue weighted by Crippen LogP contribution is -2.60. The molecule has 0 atom stereocenters. The van der Waals surface area contributed by atoms with Gasteiger partial charge in [-0.05, 0) is 109 Å². The summed E-state index contributed by atoms with van der Waals surface area (Å²) >= 11 is 0. The number of fused-ring (bicyclic) bond motifs is 19. The SMILES string of the molecule is CC(C)(C)c1ccc(N2B3c4cc5c(cc4-n4c6ccc(C(C)(C)C)cc6c6c7c(c(c3c64)-c3cc4oc6ccccc6c4cc32)-c2ccccc2C7(C)C)oc2ccccc25)cc1. The molecule has 5 heteroatoms. The van der Waals surface area contributed by atoms with Crippen molar-refractivity contribution in [3.05, 3.63) is 162 Å². The number of furan rings is 2. The maximum absolute atomic E-state index is 6.80. The van der Waals surface area contributed by atoms with E-state index in [9.17, 15) is 0 Å². The zero-order valence-electron chi connectivity index (χ0n) is 37.6. The first-order valence-corrected chi connectivity index (χ1v) is 22.9. The molecule has 64 heavy (non-hydrogen) atoms. The normalized spacial score (nSPS) is 14.9. The van der Waals surface area contributed by atoms with Gasteiger partial charge in [-0.25, -0.2) is 0 Å². The number of benzene rings is 8. The number of rotatable bonds is 1. The Kier molecular flexibility index (Phi) is 6.72. The van der Waals surface area contributed by atoms with Gasteiger partial charge in [0.2, 0.25) is 0 Å². The zero-order chi connectivity index (χ0) is 43.3. The number of para-hydroxylation sites is 2. The van der Waals surface area contributed by atoms with E-state index in [1.165, 1.54) is 88.6 Å². The van der Waals surface area contributed by atoms with Gasteiger partial charge in [0, 0.05) is 66.4 Å². The fraction of sp³-hybridized carbons (Fsp3) is 0.186. The average Bonchev–Trinajstić information content (AvgIpc) is 4.00. The van der Waals surface area contributed by atoms with Crippen molar-refractivity contribution in [2.45, 2.75) is 71.6 Å². The molecule has 3 aromatic heterocycles. The first-order chi connectivity index (χ1) is 30.8. The summed E-state index contributed by atoms with van der Waals surface area (Å²) in [6, 6.07) is 52.5. The molecule has 5 heterocycles. The Balaban J connectivity index is 1.24. The molecule has 0 fully saturated rings. The van der Waals surface area contributed by atoms with Crippen molar-refractivity contribution >= 4 is 94.8 Å². The van der Waals surface area contributed by atoms with E-state index in [0.717, 1.165) is 49.6 Å². The van der Waals surface area contributed by atoms with Crippen LogP contribution in [-0.2, 0) is 16.2 Å². The predicted octanol–water partition coefficient (Wildman–Crippen LogP) is 14.7. The molecule has 0 radical (unpaired) electrons. The van der Waals surface area contributed by atoms with E-state index in [4.69, 9.17) is 8.83 Å². The lowest BCUT2D eigenvalue weighted by atomic mass is 9.43. The third-order valence-corrected chi connectivity index (χ3v) is 15.2. The molecule has 8 aromatic carbocycles. The molecule has 11 aromatic rings. The van der Waals surface area contributed by atoms with E-state index < -0.39 is 0 Å². The highest BCUT2D eigenvalue weighted by atomic mass is 16.3. The van der Waals surface area contributed by atoms with Crippen molar-refractivity contribution in [2.75, 3.05) is 4.81 Å². The standard InChI is InChI=1S/C59H47BN2O2/c1-57(2,3)32-21-24-34(25-22-32)62-45-29-39-36-16-11-14-20-48(36)63-49(39)30-41(45)52-51-37-17-9-12-18-42(37)59(7,8)54(51)53-40-27-33(58(4,5)6)23-26-44(40)61-46-31-50-38(35-15-10-13-19-47(35)64-50)28-43(46)60(62)55(52)56(53)61/h9-31H,1-8H3. The molecule has 0 saturated heterocycles. The Morgan fingerprint density at radius 2 is 1.14 bits per heavy atom. The van der Waals surface area contributed by atoms with Crippen LogP contribution in [0.4, 0.5) is 11.4 Å². The Labute approximate surface area is 372 Å². The van der Waals surface area contributed by atoms with Crippen molar-refractivity contribution in [3.63, 3.8) is 0 Å². The summed E-state index contributed by atoms with van der Waals surface area (Å²) in [4.78, 5) is 2.66. The van der Waals surface area contributed by atoms with Crippen LogP contribution >= 0.6 is 0 Å². The molecule has 0 amide bonds. The highest BCUT2D eigenvalue weighted by Gasteiger charge is 2.50. The second-order valence-corrected chi connectivity index (χ2v) is 21.3. The highest BCUT2D eigenvalue weighted by Crippen LogP contribution is 2.59. The van der Waals surface area contributed by atoms with Gasteiger partial charge < -0.3 is 18.2 Å². The Morgan fingerprint density at radius 1 is 0.516 bits per heavy atom. The fourth-order valence-corrected chi connectivity index (χ4v) is 12.2.